The van der Waals surface area contributed by atoms with Crippen LogP contribution in [0, 0.1) is 45.9 Å². The largest absolute Gasteiger partial charge is 0.397 e. The molecule has 0 aliphatic carbocycles. The highest BCUT2D eigenvalue weighted by Crippen LogP contribution is 2.21. The van der Waals surface area contributed by atoms with Gasteiger partial charge in [0.1, 0.15) is 26.4 Å². The second-order valence-electron chi connectivity index (χ2n) is 3.80. The van der Waals surface area contributed by atoms with Crippen molar-refractivity contribution in [2.75, 3.05) is 33.0 Å². The van der Waals surface area contributed by atoms with Gasteiger partial charge in [-0.15, -0.1) is 40.5 Å². The maximum Gasteiger partial charge on any atom is 0.294 e. The maximum absolute atomic E-state index is 10.1. The Morgan fingerprint density at radius 2 is 0.875 bits per heavy atom. The fraction of sp³-hybridized carbons (Fsp3) is 1.00. The molecule has 17 heteroatoms. The molecule has 0 amide bonds. The van der Waals surface area contributed by atoms with Gasteiger partial charge in [0.15, 0.2) is 0 Å². The fourth-order valence-corrected chi connectivity index (χ4v) is 1.01. The third-order valence-electron chi connectivity index (χ3n) is 1.90. The van der Waals surface area contributed by atoms with Crippen molar-refractivity contribution in [1.29, 1.82) is 0 Å². The number of hydrogen-bond acceptors (Lipinski definition) is 13. The second-order valence-corrected chi connectivity index (χ2v) is 3.80. The van der Waals surface area contributed by atoms with Gasteiger partial charge in [-0.1, -0.05) is 0 Å². The molecule has 0 aliphatic heterocycles. The predicted octanol–water partition coefficient (Wildman–Crippen LogP) is -1.20. The molecule has 0 atom stereocenters. The summed E-state index contributed by atoms with van der Waals surface area (Å²) in [5.74, 6) is 0. The van der Waals surface area contributed by atoms with Gasteiger partial charge in [-0.05, 0) is 6.92 Å². The molecule has 0 aromatic rings. The highest BCUT2D eigenvalue weighted by Gasteiger charge is 2.37. The van der Waals surface area contributed by atoms with Crippen molar-refractivity contribution in [2.45, 2.75) is 6.92 Å². The summed E-state index contributed by atoms with van der Waals surface area (Å²) in [6.45, 7) is -2.20. The van der Waals surface area contributed by atoms with E-state index >= 15 is 0 Å². The summed E-state index contributed by atoms with van der Waals surface area (Å²) in [5.41, 5.74) is -2.03. The van der Waals surface area contributed by atoms with E-state index in [1.54, 1.807) is 6.92 Å². The first-order valence-electron chi connectivity index (χ1n) is 5.78. The van der Waals surface area contributed by atoms with Crippen LogP contribution in [0.5, 0.6) is 0 Å². The summed E-state index contributed by atoms with van der Waals surface area (Å²) in [7, 11) is 0. The van der Waals surface area contributed by atoms with E-state index < -0.39 is 52.2 Å². The van der Waals surface area contributed by atoms with Crippen LogP contribution in [0.3, 0.4) is 0 Å². The van der Waals surface area contributed by atoms with Gasteiger partial charge in [-0.3, -0.25) is 0 Å². The molecule has 1 N–H and O–H groups in total. The van der Waals surface area contributed by atoms with Crippen LogP contribution < -0.4 is 0 Å². The molecule has 0 fully saturated rings. The van der Waals surface area contributed by atoms with E-state index in [0.717, 1.165) is 0 Å². The van der Waals surface area contributed by atoms with Crippen LogP contribution in [0.2, 0.25) is 0 Å². The molecule has 0 aromatic carbocycles. The Bertz CT molecular complexity index is 351. The van der Waals surface area contributed by atoms with E-state index in [-0.39, 0.29) is 6.61 Å². The maximum atomic E-state index is 10.1. The van der Waals surface area contributed by atoms with Gasteiger partial charge in [0.2, 0.25) is 0 Å². The summed E-state index contributed by atoms with van der Waals surface area (Å²) in [4.78, 5) is 56.2. The third-order valence-corrected chi connectivity index (χ3v) is 1.90. The van der Waals surface area contributed by atoms with Crippen molar-refractivity contribution in [3.8, 4) is 0 Å². The Labute approximate surface area is 132 Å². The summed E-state index contributed by atoms with van der Waals surface area (Å²) in [6, 6.07) is 0. The Balaban J connectivity index is 0. The van der Waals surface area contributed by atoms with E-state index in [1.807, 2.05) is 0 Å². The smallest absolute Gasteiger partial charge is 0.294 e. The topological polar surface area (TPSA) is 230 Å². The minimum atomic E-state index is -2.03. The highest BCUT2D eigenvalue weighted by molar-refractivity contribution is 4.77. The van der Waals surface area contributed by atoms with Crippen LogP contribution in [-0.2, 0) is 19.4 Å². The minimum Gasteiger partial charge on any atom is -0.397 e. The average Bonchev–Trinajstić information content (AvgIpc) is 2.46. The van der Waals surface area contributed by atoms with Crippen molar-refractivity contribution < 1.29 is 44.8 Å². The normalized spacial score (nSPS) is 9.75. The Morgan fingerprint density at radius 3 is 1.00 bits per heavy atom. The van der Waals surface area contributed by atoms with E-state index in [9.17, 15) is 40.5 Å². The molecule has 140 valence electrons. The summed E-state index contributed by atoms with van der Waals surface area (Å²) in [5, 5.41) is 42.8. The Hall–Kier alpha value is -3.24. The molecule has 0 saturated carbocycles. The van der Waals surface area contributed by atoms with Gasteiger partial charge in [0.25, 0.3) is 20.3 Å². The molecule has 0 aromatic heterocycles. The lowest BCUT2D eigenvalue weighted by atomic mass is 9.92. The molecule has 0 rings (SSSR count). The number of hydrogen-bond donors (Lipinski definition) is 1. The van der Waals surface area contributed by atoms with Gasteiger partial charge in [0.05, 0.1) is 5.41 Å². The summed E-state index contributed by atoms with van der Waals surface area (Å²) >= 11 is 0. The average molecular weight is 362 g/mol. The van der Waals surface area contributed by atoms with E-state index in [0.29, 0.717) is 0 Å². The Kier molecular flexibility index (Phi) is 11.8. The fourth-order valence-electron chi connectivity index (χ4n) is 1.01. The molecule has 0 aliphatic rings. The van der Waals surface area contributed by atoms with E-state index in [2.05, 4.69) is 19.4 Å². The van der Waals surface area contributed by atoms with Crippen molar-refractivity contribution in [3.05, 3.63) is 40.5 Å². The van der Waals surface area contributed by atoms with Gasteiger partial charge in [0, 0.05) is 6.61 Å². The van der Waals surface area contributed by atoms with Crippen LogP contribution >= 0.6 is 0 Å². The lowest BCUT2D eigenvalue weighted by Gasteiger charge is -2.28. The van der Waals surface area contributed by atoms with Gasteiger partial charge < -0.3 is 24.5 Å². The molecular weight excluding hydrogens is 348 g/mol. The standard InChI is InChI=1S/C5H8N4O12.C2H6O/c10-6(11)18-1-5(2-19-7(12)13,3-20-8(14)15)4-21-9(16)17;1-2-3/h1-4H2;3H,2H2,1H3. The molecule has 17 nitrogen and oxygen atoms in total. The summed E-state index contributed by atoms with van der Waals surface area (Å²) in [6.07, 6.45) is 0. The second kappa shape index (κ2) is 12.3. The van der Waals surface area contributed by atoms with Crippen molar-refractivity contribution in [2.24, 2.45) is 5.41 Å². The van der Waals surface area contributed by atoms with Crippen molar-refractivity contribution >= 4 is 0 Å². The number of aliphatic hydroxyl groups is 1. The molecule has 0 bridgehead atoms. The number of aliphatic hydroxyl groups excluding tert-OH is 1. The molecule has 24 heavy (non-hydrogen) atoms. The van der Waals surface area contributed by atoms with Crippen LogP contribution in [-0.4, -0.2) is 58.5 Å². The van der Waals surface area contributed by atoms with Crippen LogP contribution in [0.1, 0.15) is 6.92 Å². The molecule has 0 heterocycles. The first-order valence-corrected chi connectivity index (χ1v) is 5.78. The molecular formula is C7H14N4O13. The van der Waals surface area contributed by atoms with Gasteiger partial charge >= 0.3 is 0 Å². The van der Waals surface area contributed by atoms with Crippen LogP contribution in [0.25, 0.3) is 0 Å². The van der Waals surface area contributed by atoms with Crippen LogP contribution in [0.15, 0.2) is 0 Å². The first kappa shape index (κ1) is 23.0. The predicted molar refractivity (Wildman–Crippen MR) is 67.0 cm³/mol. The van der Waals surface area contributed by atoms with E-state index in [1.165, 1.54) is 0 Å². The monoisotopic (exact) mass is 362 g/mol. The van der Waals surface area contributed by atoms with Crippen molar-refractivity contribution in [3.63, 3.8) is 0 Å². The zero-order chi connectivity index (χ0) is 19.2. The SMILES string of the molecule is CCO.O=[N+]([O-])OCC(CO[N+](=O)[O-])(CO[N+](=O)[O-])CO[N+](=O)[O-]. The zero-order valence-electron chi connectivity index (χ0n) is 12.2. The first-order chi connectivity index (χ1) is 11.1. The number of rotatable bonds is 12. The highest BCUT2D eigenvalue weighted by atomic mass is 17.0. The van der Waals surface area contributed by atoms with E-state index in [4.69, 9.17) is 5.11 Å². The Morgan fingerprint density at radius 1 is 0.708 bits per heavy atom. The molecule has 0 unspecified atom stereocenters. The quantitative estimate of drug-likeness (QED) is 0.318. The minimum absolute atomic E-state index is 0.250. The molecule has 0 radical (unpaired) electrons. The van der Waals surface area contributed by atoms with Crippen molar-refractivity contribution in [1.82, 2.24) is 0 Å². The third kappa shape index (κ3) is 13.7. The lowest BCUT2D eigenvalue weighted by Crippen LogP contribution is -2.43. The van der Waals surface area contributed by atoms with Crippen LogP contribution in [0.4, 0.5) is 0 Å². The summed E-state index contributed by atoms with van der Waals surface area (Å²) < 4.78 is 0. The number of nitrogens with zero attached hydrogens (tertiary/aromatic N) is 4. The van der Waals surface area contributed by atoms with Gasteiger partial charge in [-0.2, -0.15) is 0 Å². The zero-order valence-corrected chi connectivity index (χ0v) is 12.2. The molecule has 0 saturated heterocycles. The lowest BCUT2D eigenvalue weighted by molar-refractivity contribution is -0.792. The molecule has 0 spiro atoms. The van der Waals surface area contributed by atoms with Gasteiger partial charge in [-0.25, -0.2) is 0 Å².